The molecule has 0 radical (unpaired) electrons. The van der Waals surface area contributed by atoms with Crippen LogP contribution in [0.25, 0.3) is 5.57 Å². The van der Waals surface area contributed by atoms with Crippen molar-refractivity contribution in [3.63, 3.8) is 0 Å². The number of aryl methyl sites for hydroxylation is 2. The summed E-state index contributed by atoms with van der Waals surface area (Å²) in [5, 5.41) is 3.86. The number of carbonyl (C=O) groups is 2. The van der Waals surface area contributed by atoms with E-state index >= 15 is 0 Å². The van der Waals surface area contributed by atoms with Crippen LogP contribution in [0.15, 0.2) is 17.9 Å². The summed E-state index contributed by atoms with van der Waals surface area (Å²) in [6.45, 7) is 9.56. The maximum absolute atomic E-state index is 13.4. The zero-order valence-electron chi connectivity index (χ0n) is 19.5. The number of amides is 1. The Labute approximate surface area is 190 Å². The Bertz CT molecular complexity index is 880. The van der Waals surface area contributed by atoms with Gasteiger partial charge in [0, 0.05) is 12.1 Å². The molecule has 31 heavy (non-hydrogen) atoms. The van der Waals surface area contributed by atoms with E-state index in [4.69, 9.17) is 21.1 Å². The lowest BCUT2D eigenvalue weighted by Gasteiger charge is -2.38. The Hall–Kier alpha value is -1.85. The van der Waals surface area contributed by atoms with Crippen LogP contribution in [0.4, 0.5) is 0 Å². The first kappa shape index (κ1) is 23.8. The van der Waals surface area contributed by atoms with Gasteiger partial charge in [-0.05, 0) is 88.1 Å². The molecule has 1 aliphatic carbocycles. The zero-order chi connectivity index (χ0) is 23.0. The monoisotopic (exact) mass is 447 g/mol. The Kier molecular flexibility index (Phi) is 6.87. The minimum Gasteiger partial charge on any atom is -0.427 e. The van der Waals surface area contributed by atoms with Crippen LogP contribution in [0.3, 0.4) is 0 Å². The minimum atomic E-state index is -0.685. The predicted octanol–water partition coefficient (Wildman–Crippen LogP) is 5.22. The van der Waals surface area contributed by atoms with Crippen molar-refractivity contribution < 1.29 is 19.1 Å². The second-order valence-electron chi connectivity index (χ2n) is 9.62. The average molecular weight is 448 g/mol. The Morgan fingerprint density at radius 1 is 1.16 bits per heavy atom. The van der Waals surface area contributed by atoms with Crippen molar-refractivity contribution in [2.24, 2.45) is 5.41 Å². The van der Waals surface area contributed by atoms with Crippen LogP contribution in [-0.2, 0) is 31.9 Å². The summed E-state index contributed by atoms with van der Waals surface area (Å²) in [7, 11) is 1.71. The Balaban J connectivity index is 2.22. The van der Waals surface area contributed by atoms with Crippen LogP contribution in [-0.4, -0.2) is 30.6 Å². The van der Waals surface area contributed by atoms with Crippen LogP contribution in [0, 0.1) is 5.41 Å². The number of esters is 1. The molecule has 0 bridgehead atoms. The van der Waals surface area contributed by atoms with Gasteiger partial charge in [-0.2, -0.15) is 0 Å². The van der Waals surface area contributed by atoms with Crippen molar-refractivity contribution in [1.82, 2.24) is 5.32 Å². The van der Waals surface area contributed by atoms with Gasteiger partial charge in [-0.15, -0.1) is 0 Å². The molecule has 2 aliphatic rings. The number of methoxy groups -OCH3 is 1. The third kappa shape index (κ3) is 4.54. The van der Waals surface area contributed by atoms with Crippen molar-refractivity contribution >= 4 is 29.1 Å². The molecule has 6 heteroatoms. The second kappa shape index (κ2) is 8.95. The molecule has 0 atom stereocenters. The fourth-order valence-corrected chi connectivity index (χ4v) is 4.84. The average Bonchev–Trinajstić information content (AvgIpc) is 2.97. The van der Waals surface area contributed by atoms with Gasteiger partial charge in [-0.3, -0.25) is 9.59 Å². The number of ether oxygens (including phenoxy) is 2. The highest BCUT2D eigenvalue weighted by Crippen LogP contribution is 2.46. The molecule has 1 aliphatic heterocycles. The number of benzene rings is 1. The van der Waals surface area contributed by atoms with E-state index in [0.29, 0.717) is 29.2 Å². The van der Waals surface area contributed by atoms with Crippen LogP contribution in [0.1, 0.15) is 77.0 Å². The standard InChI is InChI=1S/C25H34ClNO4/c1-7-15-13-17(26)14-16(8-2)19(15)20-21(31-23(29)24(3,4)5)25(27-22(20)28)11-9-18(30-6)10-12-25/h13-14,18H,7-12H2,1-6H3,(H,27,28)/t18-,25+. The molecule has 1 spiro atoms. The summed E-state index contributed by atoms with van der Waals surface area (Å²) in [5.41, 5.74) is 1.95. The van der Waals surface area contributed by atoms with Crippen LogP contribution in [0.2, 0.25) is 5.02 Å². The normalized spacial score (nSPS) is 24.0. The molecule has 1 amide bonds. The first-order valence-electron chi connectivity index (χ1n) is 11.2. The van der Waals surface area contributed by atoms with Gasteiger partial charge < -0.3 is 14.8 Å². The summed E-state index contributed by atoms with van der Waals surface area (Å²) in [5.74, 6) is -0.0483. The molecular formula is C25H34ClNO4. The SMILES string of the molecule is CCc1cc(Cl)cc(CC)c1C1=C(OC(=O)C(C)(C)C)[C@]2(CC[C@H](OC)CC2)NC1=O. The number of hydrogen-bond donors (Lipinski definition) is 1. The summed E-state index contributed by atoms with van der Waals surface area (Å²) in [6.07, 6.45) is 4.52. The molecule has 170 valence electrons. The van der Waals surface area contributed by atoms with Gasteiger partial charge >= 0.3 is 5.97 Å². The molecule has 0 saturated heterocycles. The lowest BCUT2D eigenvalue weighted by atomic mass is 9.78. The fraction of sp³-hybridized carbons (Fsp3) is 0.600. The first-order valence-corrected chi connectivity index (χ1v) is 11.6. The zero-order valence-corrected chi connectivity index (χ0v) is 20.2. The maximum atomic E-state index is 13.4. The highest BCUT2D eigenvalue weighted by molar-refractivity contribution is 6.31. The van der Waals surface area contributed by atoms with E-state index in [0.717, 1.165) is 42.4 Å². The predicted molar refractivity (Wildman–Crippen MR) is 123 cm³/mol. The van der Waals surface area contributed by atoms with Crippen molar-refractivity contribution in [1.29, 1.82) is 0 Å². The molecule has 1 aromatic carbocycles. The van der Waals surface area contributed by atoms with Gasteiger partial charge in [-0.25, -0.2) is 0 Å². The quantitative estimate of drug-likeness (QED) is 0.628. The maximum Gasteiger partial charge on any atom is 0.316 e. The molecule has 5 nitrogen and oxygen atoms in total. The summed E-state index contributed by atoms with van der Waals surface area (Å²) < 4.78 is 11.6. The molecule has 1 heterocycles. The molecule has 1 fully saturated rings. The minimum absolute atomic E-state index is 0.152. The van der Waals surface area contributed by atoms with Crippen molar-refractivity contribution in [3.8, 4) is 0 Å². The smallest absolute Gasteiger partial charge is 0.316 e. The fourth-order valence-electron chi connectivity index (χ4n) is 4.58. The van der Waals surface area contributed by atoms with E-state index in [-0.39, 0.29) is 18.0 Å². The Morgan fingerprint density at radius 3 is 2.16 bits per heavy atom. The number of carbonyl (C=O) groups excluding carboxylic acids is 2. The van der Waals surface area contributed by atoms with Gasteiger partial charge in [0.1, 0.15) is 5.76 Å². The van der Waals surface area contributed by atoms with E-state index in [1.165, 1.54) is 0 Å². The highest BCUT2D eigenvalue weighted by Gasteiger charge is 2.51. The van der Waals surface area contributed by atoms with Crippen molar-refractivity contribution in [2.75, 3.05) is 7.11 Å². The Morgan fingerprint density at radius 2 is 1.71 bits per heavy atom. The number of hydrogen-bond acceptors (Lipinski definition) is 4. The van der Waals surface area contributed by atoms with E-state index in [9.17, 15) is 9.59 Å². The molecule has 1 aromatic rings. The largest absolute Gasteiger partial charge is 0.427 e. The van der Waals surface area contributed by atoms with Crippen molar-refractivity contribution in [3.05, 3.63) is 39.6 Å². The number of halogens is 1. The lowest BCUT2D eigenvalue weighted by Crippen LogP contribution is -2.49. The van der Waals surface area contributed by atoms with Gasteiger partial charge in [0.15, 0.2) is 0 Å². The molecule has 1 saturated carbocycles. The summed E-state index contributed by atoms with van der Waals surface area (Å²) >= 11 is 6.36. The van der Waals surface area contributed by atoms with E-state index < -0.39 is 11.0 Å². The second-order valence-corrected chi connectivity index (χ2v) is 10.1. The first-order chi connectivity index (χ1) is 14.6. The summed E-state index contributed by atoms with van der Waals surface area (Å²) in [4.78, 5) is 26.4. The van der Waals surface area contributed by atoms with Gasteiger partial charge in [-0.1, -0.05) is 25.4 Å². The highest BCUT2D eigenvalue weighted by atomic mass is 35.5. The van der Waals surface area contributed by atoms with Crippen molar-refractivity contribution in [2.45, 2.75) is 84.8 Å². The van der Waals surface area contributed by atoms with Gasteiger partial charge in [0.2, 0.25) is 0 Å². The van der Waals surface area contributed by atoms with Crippen LogP contribution < -0.4 is 5.32 Å². The third-order valence-corrected chi connectivity index (χ3v) is 6.66. The third-order valence-electron chi connectivity index (χ3n) is 6.45. The van der Waals surface area contributed by atoms with Crippen LogP contribution in [0.5, 0.6) is 0 Å². The molecular weight excluding hydrogens is 414 g/mol. The molecule has 0 unspecified atom stereocenters. The van der Waals surface area contributed by atoms with Gasteiger partial charge in [0.05, 0.1) is 22.6 Å². The number of nitrogens with one attached hydrogen (secondary N) is 1. The molecule has 3 rings (SSSR count). The molecule has 1 N–H and O–H groups in total. The molecule has 0 aromatic heterocycles. The number of rotatable bonds is 5. The lowest BCUT2D eigenvalue weighted by molar-refractivity contribution is -0.150. The topological polar surface area (TPSA) is 64.6 Å². The van der Waals surface area contributed by atoms with E-state index in [1.54, 1.807) is 7.11 Å². The van der Waals surface area contributed by atoms with Crippen LogP contribution >= 0.6 is 11.6 Å². The van der Waals surface area contributed by atoms with E-state index in [2.05, 4.69) is 5.32 Å². The van der Waals surface area contributed by atoms with Gasteiger partial charge in [0.25, 0.3) is 5.91 Å². The van der Waals surface area contributed by atoms with E-state index in [1.807, 2.05) is 46.8 Å². The summed E-state index contributed by atoms with van der Waals surface area (Å²) in [6, 6.07) is 3.82.